The number of likely N-dealkylation sites (tertiary alicyclic amines) is 1. The molecule has 1 N–H and O–H groups in total. The molecular weight excluding hydrogens is 485 g/mol. The maximum Gasteiger partial charge on any atom is 0.193 e. The van der Waals surface area contributed by atoms with Crippen molar-refractivity contribution in [2.45, 2.75) is 19.6 Å². The molecule has 8 heteroatoms. The molecule has 150 valence electrons. The van der Waals surface area contributed by atoms with Crippen LogP contribution in [0.3, 0.4) is 0 Å². The van der Waals surface area contributed by atoms with E-state index in [1.807, 2.05) is 24.7 Å². The summed E-state index contributed by atoms with van der Waals surface area (Å²) in [6.07, 6.45) is 5.23. The van der Waals surface area contributed by atoms with Crippen molar-refractivity contribution in [1.82, 2.24) is 19.6 Å². The first-order chi connectivity index (χ1) is 13.3. The number of halogens is 1. The van der Waals surface area contributed by atoms with E-state index in [9.17, 15) is 0 Å². The number of thiazole rings is 1. The summed E-state index contributed by atoms with van der Waals surface area (Å²) < 4.78 is 7.98. The van der Waals surface area contributed by atoms with Crippen LogP contribution < -0.4 is 5.32 Å². The van der Waals surface area contributed by atoms with Gasteiger partial charge in [-0.15, -0.1) is 35.3 Å². The topological polar surface area (TPSA) is 54.2 Å². The molecule has 0 spiro atoms. The van der Waals surface area contributed by atoms with Crippen LogP contribution in [0.15, 0.2) is 53.1 Å². The monoisotopic (exact) mass is 511 g/mol. The van der Waals surface area contributed by atoms with Gasteiger partial charge in [0.15, 0.2) is 10.9 Å². The van der Waals surface area contributed by atoms with E-state index in [1.165, 1.54) is 5.56 Å². The molecular formula is C20H26IN5OS. The second-order valence-electron chi connectivity index (χ2n) is 6.83. The van der Waals surface area contributed by atoms with E-state index in [0.29, 0.717) is 19.1 Å². The predicted molar refractivity (Wildman–Crippen MR) is 124 cm³/mol. The highest BCUT2D eigenvalue weighted by molar-refractivity contribution is 14.0. The minimum atomic E-state index is 0. The van der Waals surface area contributed by atoms with Crippen molar-refractivity contribution >= 4 is 46.2 Å². The van der Waals surface area contributed by atoms with Gasteiger partial charge in [-0.3, -0.25) is 9.39 Å². The largest absolute Gasteiger partial charge is 0.376 e. The second kappa shape index (κ2) is 10.2. The summed E-state index contributed by atoms with van der Waals surface area (Å²) >= 11 is 1.65. The van der Waals surface area contributed by atoms with Gasteiger partial charge in [-0.05, 0) is 12.0 Å². The van der Waals surface area contributed by atoms with Crippen molar-refractivity contribution in [3.8, 4) is 0 Å². The van der Waals surface area contributed by atoms with E-state index < -0.39 is 0 Å². The summed E-state index contributed by atoms with van der Waals surface area (Å²) in [6, 6.07) is 10.3. The molecule has 1 aromatic carbocycles. The Morgan fingerprint density at radius 1 is 1.36 bits per heavy atom. The maximum absolute atomic E-state index is 5.92. The molecule has 3 heterocycles. The molecule has 1 aliphatic heterocycles. The molecule has 3 aromatic rings. The van der Waals surface area contributed by atoms with Crippen LogP contribution in [0.25, 0.3) is 4.96 Å². The van der Waals surface area contributed by atoms with E-state index in [-0.39, 0.29) is 24.0 Å². The summed E-state index contributed by atoms with van der Waals surface area (Å²) in [5.74, 6) is 1.49. The number of ether oxygens (including phenoxy) is 1. The molecule has 0 radical (unpaired) electrons. The van der Waals surface area contributed by atoms with Gasteiger partial charge in [0.05, 0.1) is 25.5 Å². The molecule has 4 rings (SSSR count). The van der Waals surface area contributed by atoms with E-state index in [4.69, 9.17) is 4.74 Å². The molecule has 28 heavy (non-hydrogen) atoms. The van der Waals surface area contributed by atoms with Gasteiger partial charge in [-0.2, -0.15) is 0 Å². The number of nitrogens with one attached hydrogen (secondary N) is 1. The third-order valence-electron chi connectivity index (χ3n) is 4.83. The Bertz CT molecular complexity index is 866. The first kappa shape index (κ1) is 21.1. The highest BCUT2D eigenvalue weighted by atomic mass is 127. The number of rotatable bonds is 6. The number of nitrogens with zero attached hydrogens (tertiary/aromatic N) is 4. The number of aromatic nitrogens is 2. The van der Waals surface area contributed by atoms with Crippen LogP contribution in [0.5, 0.6) is 0 Å². The Labute approximate surface area is 186 Å². The minimum Gasteiger partial charge on any atom is -0.376 e. The highest BCUT2D eigenvalue weighted by Gasteiger charge is 2.25. The number of benzene rings is 1. The highest BCUT2D eigenvalue weighted by Crippen LogP contribution is 2.18. The van der Waals surface area contributed by atoms with Crippen LogP contribution in [0.4, 0.5) is 0 Å². The normalized spacial score (nSPS) is 17.1. The number of guanidine groups is 1. The SMILES string of the molecule is CN=C(NCc1cn2ccsc2n1)N1CCC(COCc2ccccc2)C1.I. The molecule has 0 amide bonds. The summed E-state index contributed by atoms with van der Waals surface area (Å²) in [5.41, 5.74) is 2.26. The Morgan fingerprint density at radius 2 is 2.21 bits per heavy atom. The van der Waals surface area contributed by atoms with Crippen LogP contribution in [-0.2, 0) is 17.9 Å². The van der Waals surface area contributed by atoms with Gasteiger partial charge in [0, 0.05) is 43.8 Å². The second-order valence-corrected chi connectivity index (χ2v) is 7.70. The average molecular weight is 511 g/mol. The van der Waals surface area contributed by atoms with Gasteiger partial charge in [-0.25, -0.2) is 4.98 Å². The Balaban J connectivity index is 0.00000225. The van der Waals surface area contributed by atoms with Crippen molar-refractivity contribution in [2.24, 2.45) is 10.9 Å². The molecule has 1 fully saturated rings. The first-order valence-electron chi connectivity index (χ1n) is 9.30. The van der Waals surface area contributed by atoms with Gasteiger partial charge in [0.25, 0.3) is 0 Å². The third-order valence-corrected chi connectivity index (χ3v) is 5.60. The van der Waals surface area contributed by atoms with Crippen molar-refractivity contribution in [3.05, 3.63) is 59.4 Å². The summed E-state index contributed by atoms with van der Waals surface area (Å²) in [6.45, 7) is 4.15. The Morgan fingerprint density at radius 3 is 3.00 bits per heavy atom. The number of hydrogen-bond donors (Lipinski definition) is 1. The zero-order chi connectivity index (χ0) is 18.5. The van der Waals surface area contributed by atoms with Gasteiger partial charge >= 0.3 is 0 Å². The molecule has 1 aliphatic rings. The quantitative estimate of drug-likeness (QED) is 0.312. The van der Waals surface area contributed by atoms with E-state index in [1.54, 1.807) is 11.3 Å². The molecule has 6 nitrogen and oxygen atoms in total. The molecule has 1 unspecified atom stereocenters. The Kier molecular flexibility index (Phi) is 7.69. The number of imidazole rings is 1. The van der Waals surface area contributed by atoms with Crippen molar-refractivity contribution in [1.29, 1.82) is 0 Å². The molecule has 0 aliphatic carbocycles. The van der Waals surface area contributed by atoms with Gasteiger partial charge < -0.3 is 15.0 Å². The summed E-state index contributed by atoms with van der Waals surface area (Å²) in [5, 5.41) is 5.49. The standard InChI is InChI=1S/C20H25N5OS.HI/c1-21-19(22-11-18-13-25-9-10-27-20(25)23-18)24-8-7-17(12-24)15-26-14-16-5-3-2-4-6-16;/h2-6,9-10,13,17H,7-8,11-12,14-15H2,1H3,(H,21,22);1H. The molecule has 0 bridgehead atoms. The zero-order valence-electron chi connectivity index (χ0n) is 16.0. The lowest BCUT2D eigenvalue weighted by molar-refractivity contribution is 0.0906. The van der Waals surface area contributed by atoms with E-state index in [0.717, 1.165) is 42.7 Å². The third kappa shape index (κ3) is 5.24. The number of aliphatic imine (C=N–C) groups is 1. The minimum absolute atomic E-state index is 0. The molecule has 1 atom stereocenters. The van der Waals surface area contributed by atoms with E-state index >= 15 is 0 Å². The van der Waals surface area contributed by atoms with Gasteiger partial charge in [0.2, 0.25) is 0 Å². The smallest absolute Gasteiger partial charge is 0.193 e. The number of hydrogen-bond acceptors (Lipinski definition) is 4. The fraction of sp³-hybridized carbons (Fsp3) is 0.400. The van der Waals surface area contributed by atoms with Crippen LogP contribution in [0, 0.1) is 5.92 Å². The molecule has 2 aromatic heterocycles. The maximum atomic E-state index is 5.92. The lowest BCUT2D eigenvalue weighted by Gasteiger charge is -2.21. The average Bonchev–Trinajstić information content (AvgIpc) is 3.40. The van der Waals surface area contributed by atoms with Gasteiger partial charge in [-0.1, -0.05) is 30.3 Å². The Hall–Kier alpha value is -1.65. The molecule has 1 saturated heterocycles. The van der Waals surface area contributed by atoms with Crippen molar-refractivity contribution in [3.63, 3.8) is 0 Å². The predicted octanol–water partition coefficient (Wildman–Crippen LogP) is 3.63. The van der Waals surface area contributed by atoms with Crippen LogP contribution in [0.2, 0.25) is 0 Å². The molecule has 0 saturated carbocycles. The van der Waals surface area contributed by atoms with Gasteiger partial charge in [0.1, 0.15) is 0 Å². The lowest BCUT2D eigenvalue weighted by Crippen LogP contribution is -2.39. The van der Waals surface area contributed by atoms with Crippen LogP contribution in [0.1, 0.15) is 17.7 Å². The first-order valence-corrected chi connectivity index (χ1v) is 10.2. The van der Waals surface area contributed by atoms with Crippen LogP contribution >= 0.6 is 35.3 Å². The van der Waals surface area contributed by atoms with Crippen molar-refractivity contribution in [2.75, 3.05) is 26.7 Å². The number of fused-ring (bicyclic) bond motifs is 1. The fourth-order valence-corrected chi connectivity index (χ4v) is 4.16. The zero-order valence-corrected chi connectivity index (χ0v) is 19.1. The van der Waals surface area contributed by atoms with Crippen LogP contribution in [-0.4, -0.2) is 47.0 Å². The van der Waals surface area contributed by atoms with E-state index in [2.05, 4.69) is 55.1 Å². The lowest BCUT2D eigenvalue weighted by atomic mass is 10.1. The van der Waals surface area contributed by atoms with Crippen molar-refractivity contribution < 1.29 is 4.74 Å². The summed E-state index contributed by atoms with van der Waals surface area (Å²) in [4.78, 5) is 12.4. The summed E-state index contributed by atoms with van der Waals surface area (Å²) in [7, 11) is 1.84. The fourth-order valence-electron chi connectivity index (χ4n) is 3.44.